The van der Waals surface area contributed by atoms with Gasteiger partial charge in [-0.1, -0.05) is 42.5 Å². The molecule has 0 aromatic heterocycles. The van der Waals surface area contributed by atoms with Gasteiger partial charge < -0.3 is 14.2 Å². The van der Waals surface area contributed by atoms with Gasteiger partial charge in [-0.2, -0.15) is 0 Å². The van der Waals surface area contributed by atoms with E-state index in [4.69, 9.17) is 14.2 Å². The zero-order valence-electron chi connectivity index (χ0n) is 20.8. The average Bonchev–Trinajstić information content (AvgIpc) is 3.20. The van der Waals surface area contributed by atoms with Gasteiger partial charge in [0, 0.05) is 6.54 Å². The van der Waals surface area contributed by atoms with Gasteiger partial charge in [-0.05, 0) is 72.1 Å². The van der Waals surface area contributed by atoms with E-state index >= 15 is 0 Å². The van der Waals surface area contributed by atoms with Gasteiger partial charge in [0.05, 0.1) is 23.8 Å². The SMILES string of the molecule is COc1ccc(CCN2C(=O)c3ccc(C(=O)OCc4cccc(Oc5ccccc5)c4)cc3C2=O)cc1. The minimum Gasteiger partial charge on any atom is -0.497 e. The molecule has 4 aromatic carbocycles. The summed E-state index contributed by atoms with van der Waals surface area (Å²) < 4.78 is 16.5. The second-order valence-corrected chi connectivity index (χ2v) is 8.76. The van der Waals surface area contributed by atoms with Crippen molar-refractivity contribution in [2.24, 2.45) is 0 Å². The molecule has 190 valence electrons. The van der Waals surface area contributed by atoms with E-state index in [1.807, 2.05) is 72.8 Å². The molecule has 0 N–H and O–H groups in total. The average molecular weight is 508 g/mol. The number of hydrogen-bond acceptors (Lipinski definition) is 6. The zero-order valence-corrected chi connectivity index (χ0v) is 20.8. The first kappa shape index (κ1) is 24.8. The maximum atomic E-state index is 13.0. The molecule has 0 bridgehead atoms. The van der Waals surface area contributed by atoms with E-state index in [0.717, 1.165) is 16.9 Å². The van der Waals surface area contributed by atoms with Crippen LogP contribution in [-0.4, -0.2) is 36.3 Å². The summed E-state index contributed by atoms with van der Waals surface area (Å²) in [6.45, 7) is 0.266. The third-order valence-electron chi connectivity index (χ3n) is 6.24. The highest BCUT2D eigenvalue weighted by Crippen LogP contribution is 2.26. The van der Waals surface area contributed by atoms with E-state index in [2.05, 4.69) is 0 Å². The van der Waals surface area contributed by atoms with E-state index in [1.54, 1.807) is 13.2 Å². The van der Waals surface area contributed by atoms with Crippen molar-refractivity contribution < 1.29 is 28.6 Å². The highest BCUT2D eigenvalue weighted by molar-refractivity contribution is 6.22. The molecular weight excluding hydrogens is 482 g/mol. The number of amides is 2. The largest absolute Gasteiger partial charge is 0.497 e. The van der Waals surface area contributed by atoms with Crippen LogP contribution in [0, 0.1) is 0 Å². The summed E-state index contributed by atoms with van der Waals surface area (Å²) >= 11 is 0. The number of imide groups is 1. The number of fused-ring (bicyclic) bond motifs is 1. The van der Waals surface area contributed by atoms with Crippen LogP contribution in [0.25, 0.3) is 0 Å². The molecule has 0 atom stereocenters. The molecule has 1 aliphatic rings. The second-order valence-electron chi connectivity index (χ2n) is 8.76. The zero-order chi connectivity index (χ0) is 26.5. The molecule has 0 unspecified atom stereocenters. The third kappa shape index (κ3) is 5.42. The van der Waals surface area contributed by atoms with Crippen molar-refractivity contribution in [3.05, 3.63) is 125 Å². The normalized spacial score (nSPS) is 12.3. The van der Waals surface area contributed by atoms with E-state index < -0.39 is 11.9 Å². The molecule has 1 aliphatic heterocycles. The standard InChI is InChI=1S/C31H25NO6/c1-36-24-13-10-21(11-14-24)16-17-32-29(33)27-15-12-23(19-28(27)30(32)34)31(35)37-20-22-6-5-9-26(18-22)38-25-7-3-2-4-8-25/h2-15,18-19H,16-17,20H2,1H3. The van der Waals surface area contributed by atoms with Crippen LogP contribution < -0.4 is 9.47 Å². The first-order valence-corrected chi connectivity index (χ1v) is 12.1. The Hall–Kier alpha value is -4.91. The Labute approximate surface area is 220 Å². The molecule has 7 heteroatoms. The number of carbonyl (C=O) groups is 3. The predicted molar refractivity (Wildman–Crippen MR) is 141 cm³/mol. The molecule has 4 aromatic rings. The number of ether oxygens (including phenoxy) is 3. The number of hydrogen-bond donors (Lipinski definition) is 0. The van der Waals surface area contributed by atoms with Crippen molar-refractivity contribution >= 4 is 17.8 Å². The van der Waals surface area contributed by atoms with Crippen molar-refractivity contribution in [3.8, 4) is 17.2 Å². The van der Waals surface area contributed by atoms with Crippen molar-refractivity contribution in [1.29, 1.82) is 0 Å². The lowest BCUT2D eigenvalue weighted by Gasteiger charge is -2.13. The summed E-state index contributed by atoms with van der Waals surface area (Å²) in [5.41, 5.74) is 2.43. The molecule has 2 amide bonds. The van der Waals surface area contributed by atoms with Gasteiger partial charge in [-0.3, -0.25) is 14.5 Å². The molecule has 0 aliphatic carbocycles. The molecule has 0 saturated heterocycles. The van der Waals surface area contributed by atoms with Crippen LogP contribution in [0.4, 0.5) is 0 Å². The van der Waals surface area contributed by atoms with Crippen LogP contribution in [0.15, 0.2) is 97.1 Å². The van der Waals surface area contributed by atoms with Crippen molar-refractivity contribution in [1.82, 2.24) is 4.90 Å². The van der Waals surface area contributed by atoms with E-state index in [9.17, 15) is 14.4 Å². The monoisotopic (exact) mass is 507 g/mol. The number of benzene rings is 4. The summed E-state index contributed by atoms with van der Waals surface area (Å²) in [5.74, 6) is 0.701. The summed E-state index contributed by atoms with van der Waals surface area (Å²) in [4.78, 5) is 39.8. The lowest BCUT2D eigenvalue weighted by atomic mass is 10.1. The van der Waals surface area contributed by atoms with Gasteiger partial charge in [0.25, 0.3) is 11.8 Å². The van der Waals surface area contributed by atoms with Crippen LogP contribution in [0.1, 0.15) is 42.2 Å². The predicted octanol–water partition coefficient (Wildman–Crippen LogP) is 5.68. The van der Waals surface area contributed by atoms with Gasteiger partial charge in [0.15, 0.2) is 0 Å². The Balaban J connectivity index is 1.21. The Morgan fingerprint density at radius 2 is 1.45 bits per heavy atom. The first-order valence-electron chi connectivity index (χ1n) is 12.1. The van der Waals surface area contributed by atoms with Crippen molar-refractivity contribution in [2.45, 2.75) is 13.0 Å². The van der Waals surface area contributed by atoms with Crippen LogP contribution in [0.3, 0.4) is 0 Å². The Morgan fingerprint density at radius 3 is 2.21 bits per heavy atom. The third-order valence-corrected chi connectivity index (χ3v) is 6.24. The molecule has 1 heterocycles. The molecular formula is C31H25NO6. The van der Waals surface area contributed by atoms with E-state index in [0.29, 0.717) is 17.9 Å². The Kier molecular flexibility index (Phi) is 7.17. The van der Waals surface area contributed by atoms with Crippen LogP contribution in [0.5, 0.6) is 17.2 Å². The maximum absolute atomic E-state index is 13.0. The minimum atomic E-state index is -0.584. The smallest absolute Gasteiger partial charge is 0.338 e. The first-order chi connectivity index (χ1) is 18.5. The second kappa shape index (κ2) is 11.0. The highest BCUT2D eigenvalue weighted by Gasteiger charge is 2.35. The number of rotatable bonds is 9. The Morgan fingerprint density at radius 1 is 0.711 bits per heavy atom. The van der Waals surface area contributed by atoms with Crippen molar-refractivity contribution in [2.75, 3.05) is 13.7 Å². The summed E-state index contributed by atoms with van der Waals surface area (Å²) in [6, 6.07) is 28.6. The van der Waals surface area contributed by atoms with Gasteiger partial charge in [-0.25, -0.2) is 4.79 Å². The van der Waals surface area contributed by atoms with Gasteiger partial charge in [0.2, 0.25) is 0 Å². The number of esters is 1. The molecule has 0 spiro atoms. The highest BCUT2D eigenvalue weighted by atomic mass is 16.5. The lowest BCUT2D eigenvalue weighted by Crippen LogP contribution is -2.31. The fraction of sp³-hybridized carbons (Fsp3) is 0.129. The van der Waals surface area contributed by atoms with Gasteiger partial charge >= 0.3 is 5.97 Å². The fourth-order valence-electron chi connectivity index (χ4n) is 4.21. The molecule has 7 nitrogen and oxygen atoms in total. The molecule has 5 rings (SSSR count). The topological polar surface area (TPSA) is 82.1 Å². The molecule has 38 heavy (non-hydrogen) atoms. The minimum absolute atomic E-state index is 0.0305. The molecule has 0 saturated carbocycles. The van der Waals surface area contributed by atoms with Gasteiger partial charge in [-0.15, -0.1) is 0 Å². The number of methoxy groups -OCH3 is 1. The Bertz CT molecular complexity index is 1480. The van der Waals surface area contributed by atoms with Crippen LogP contribution in [0.2, 0.25) is 0 Å². The number of para-hydroxylation sites is 1. The lowest BCUT2D eigenvalue weighted by molar-refractivity contribution is 0.0472. The number of nitrogens with zero attached hydrogens (tertiary/aromatic N) is 1. The maximum Gasteiger partial charge on any atom is 0.338 e. The summed E-state index contributed by atoms with van der Waals surface area (Å²) in [5, 5.41) is 0. The van der Waals surface area contributed by atoms with Crippen LogP contribution in [-0.2, 0) is 17.8 Å². The van der Waals surface area contributed by atoms with Crippen molar-refractivity contribution in [3.63, 3.8) is 0 Å². The quantitative estimate of drug-likeness (QED) is 0.214. The summed E-state index contributed by atoms with van der Waals surface area (Å²) in [6.07, 6.45) is 0.511. The molecule has 0 radical (unpaired) electrons. The number of carbonyl (C=O) groups excluding carboxylic acids is 3. The van der Waals surface area contributed by atoms with E-state index in [1.165, 1.54) is 23.1 Å². The summed E-state index contributed by atoms with van der Waals surface area (Å²) in [7, 11) is 1.59. The molecule has 0 fully saturated rings. The van der Waals surface area contributed by atoms with E-state index in [-0.39, 0.29) is 35.7 Å². The van der Waals surface area contributed by atoms with Crippen LogP contribution >= 0.6 is 0 Å². The van der Waals surface area contributed by atoms with Gasteiger partial charge in [0.1, 0.15) is 23.9 Å². The fourth-order valence-corrected chi connectivity index (χ4v) is 4.21.